The highest BCUT2D eigenvalue weighted by Crippen LogP contribution is 2.42. The number of nitrogens with two attached hydrogens (primary N) is 1. The van der Waals surface area contributed by atoms with Crippen LogP contribution in [0.5, 0.6) is 0 Å². The molecule has 2 unspecified atom stereocenters. The van der Waals surface area contributed by atoms with Crippen LogP contribution >= 0.6 is 0 Å². The Morgan fingerprint density at radius 3 is 2.83 bits per heavy atom. The highest BCUT2D eigenvalue weighted by atomic mass is 16.5. The molecule has 1 aliphatic rings. The van der Waals surface area contributed by atoms with E-state index in [1.165, 1.54) is 0 Å². The summed E-state index contributed by atoms with van der Waals surface area (Å²) in [6.07, 6.45) is 0.448. The van der Waals surface area contributed by atoms with Gasteiger partial charge in [-0.15, -0.1) is 0 Å². The lowest BCUT2D eigenvalue weighted by Gasteiger charge is -2.49. The molecule has 1 saturated carbocycles. The lowest BCUT2D eigenvalue weighted by molar-refractivity contribution is -0.0511. The van der Waals surface area contributed by atoms with Gasteiger partial charge in [-0.2, -0.15) is 0 Å². The van der Waals surface area contributed by atoms with E-state index in [2.05, 4.69) is 15.3 Å². The van der Waals surface area contributed by atoms with Crippen molar-refractivity contribution >= 4 is 11.6 Å². The molecule has 0 amide bonds. The molecule has 1 aliphatic carbocycles. The van der Waals surface area contributed by atoms with Gasteiger partial charge >= 0.3 is 0 Å². The number of hydrogen-bond donors (Lipinski definition) is 3. The van der Waals surface area contributed by atoms with E-state index < -0.39 is 0 Å². The van der Waals surface area contributed by atoms with Crippen molar-refractivity contribution in [1.29, 1.82) is 0 Å². The Morgan fingerprint density at radius 2 is 2.28 bits per heavy atom. The number of methoxy groups -OCH3 is 1. The third-order valence-electron chi connectivity index (χ3n) is 3.60. The Hall–Kier alpha value is -1.40. The van der Waals surface area contributed by atoms with Gasteiger partial charge in [0.25, 0.3) is 0 Å². The molecular weight excluding hydrogens is 232 g/mol. The summed E-state index contributed by atoms with van der Waals surface area (Å²) in [7, 11) is 1.59. The second kappa shape index (κ2) is 4.70. The zero-order valence-electron chi connectivity index (χ0n) is 11.0. The van der Waals surface area contributed by atoms with Crippen molar-refractivity contribution in [1.82, 2.24) is 9.97 Å². The molecule has 2 atom stereocenters. The van der Waals surface area contributed by atoms with Crippen LogP contribution in [-0.2, 0) is 11.3 Å². The maximum atomic E-state index is 9.70. The van der Waals surface area contributed by atoms with Crippen molar-refractivity contribution in [3.05, 3.63) is 11.9 Å². The van der Waals surface area contributed by atoms with Crippen molar-refractivity contribution in [2.75, 3.05) is 18.2 Å². The van der Waals surface area contributed by atoms with E-state index in [9.17, 15) is 5.11 Å². The standard InChI is InChI=1S/C12H20N4O2/c1-12(2)7(4-8(12)17)14-10-5-9(13)15-11(16-10)6-18-3/h5,7-8,17H,4,6H2,1-3H3,(H3,13,14,15,16). The fraction of sp³-hybridized carbons (Fsp3) is 0.667. The van der Waals surface area contributed by atoms with Gasteiger partial charge in [0.2, 0.25) is 0 Å². The maximum Gasteiger partial charge on any atom is 0.158 e. The van der Waals surface area contributed by atoms with E-state index >= 15 is 0 Å². The minimum absolute atomic E-state index is 0.152. The van der Waals surface area contributed by atoms with Gasteiger partial charge in [-0.1, -0.05) is 13.8 Å². The van der Waals surface area contributed by atoms with Gasteiger partial charge in [0.1, 0.15) is 18.2 Å². The van der Waals surface area contributed by atoms with E-state index in [-0.39, 0.29) is 17.6 Å². The number of nitrogens with zero attached hydrogens (tertiary/aromatic N) is 2. The zero-order valence-corrected chi connectivity index (χ0v) is 11.0. The number of rotatable bonds is 4. The van der Waals surface area contributed by atoms with Crippen LogP contribution in [0.15, 0.2) is 6.07 Å². The van der Waals surface area contributed by atoms with Crippen molar-refractivity contribution < 1.29 is 9.84 Å². The Kier molecular flexibility index (Phi) is 3.41. The molecule has 0 spiro atoms. The average molecular weight is 252 g/mol. The highest BCUT2D eigenvalue weighted by Gasteiger charge is 2.47. The number of nitrogens with one attached hydrogen (secondary N) is 1. The van der Waals surface area contributed by atoms with E-state index in [4.69, 9.17) is 10.5 Å². The van der Waals surface area contributed by atoms with Gasteiger partial charge in [0, 0.05) is 24.6 Å². The second-order valence-corrected chi connectivity index (χ2v) is 5.30. The van der Waals surface area contributed by atoms with Crippen LogP contribution in [0, 0.1) is 5.41 Å². The molecular formula is C12H20N4O2. The van der Waals surface area contributed by atoms with Crippen LogP contribution in [0.2, 0.25) is 0 Å². The van der Waals surface area contributed by atoms with E-state index in [1.807, 2.05) is 13.8 Å². The lowest BCUT2D eigenvalue weighted by Crippen LogP contribution is -2.57. The zero-order chi connectivity index (χ0) is 13.3. The molecule has 2 rings (SSSR count). The first-order valence-electron chi connectivity index (χ1n) is 6.00. The SMILES string of the molecule is COCc1nc(N)cc(NC2CC(O)C2(C)C)n1. The van der Waals surface area contributed by atoms with Crippen LogP contribution in [0.3, 0.4) is 0 Å². The molecule has 6 heteroatoms. The molecule has 0 saturated heterocycles. The number of nitrogen functional groups attached to an aromatic ring is 1. The Bertz CT molecular complexity index is 436. The Morgan fingerprint density at radius 1 is 1.56 bits per heavy atom. The first kappa shape index (κ1) is 13.0. The first-order chi connectivity index (χ1) is 8.43. The molecule has 6 nitrogen and oxygen atoms in total. The van der Waals surface area contributed by atoms with Crippen LogP contribution < -0.4 is 11.1 Å². The van der Waals surface area contributed by atoms with Crippen LogP contribution in [0.4, 0.5) is 11.6 Å². The first-order valence-corrected chi connectivity index (χ1v) is 6.00. The molecule has 18 heavy (non-hydrogen) atoms. The van der Waals surface area contributed by atoms with Crippen molar-refractivity contribution in [3.8, 4) is 0 Å². The summed E-state index contributed by atoms with van der Waals surface area (Å²) in [6.45, 7) is 4.38. The number of hydrogen-bond acceptors (Lipinski definition) is 6. The molecule has 0 aliphatic heterocycles. The Balaban J connectivity index is 2.10. The van der Waals surface area contributed by atoms with Gasteiger partial charge in [-0.25, -0.2) is 9.97 Å². The van der Waals surface area contributed by atoms with E-state index in [0.29, 0.717) is 24.1 Å². The predicted octanol–water partition coefficient (Wildman–Crippen LogP) is 0.776. The summed E-state index contributed by atoms with van der Waals surface area (Å²) in [4.78, 5) is 8.41. The monoisotopic (exact) mass is 252 g/mol. The largest absolute Gasteiger partial charge is 0.392 e. The number of anilines is 2. The number of aliphatic hydroxyl groups excluding tert-OH is 1. The fourth-order valence-corrected chi connectivity index (χ4v) is 2.11. The molecule has 0 aromatic carbocycles. The topological polar surface area (TPSA) is 93.3 Å². The summed E-state index contributed by atoms with van der Waals surface area (Å²) in [5, 5.41) is 13.0. The molecule has 4 N–H and O–H groups in total. The third-order valence-corrected chi connectivity index (χ3v) is 3.60. The molecule has 1 heterocycles. The van der Waals surface area contributed by atoms with E-state index in [0.717, 1.165) is 6.42 Å². The van der Waals surface area contributed by atoms with Gasteiger partial charge in [-0.05, 0) is 6.42 Å². The van der Waals surface area contributed by atoms with Crippen molar-refractivity contribution in [2.45, 2.75) is 39.0 Å². The smallest absolute Gasteiger partial charge is 0.158 e. The quantitative estimate of drug-likeness (QED) is 0.733. The van der Waals surface area contributed by atoms with Crippen LogP contribution in [0.25, 0.3) is 0 Å². The van der Waals surface area contributed by atoms with Gasteiger partial charge in [0.05, 0.1) is 6.10 Å². The van der Waals surface area contributed by atoms with E-state index in [1.54, 1.807) is 13.2 Å². The number of aromatic nitrogens is 2. The third kappa shape index (κ3) is 2.39. The van der Waals surface area contributed by atoms with Gasteiger partial charge < -0.3 is 20.9 Å². The van der Waals surface area contributed by atoms with Crippen molar-refractivity contribution in [3.63, 3.8) is 0 Å². The molecule has 1 aromatic heterocycles. The lowest BCUT2D eigenvalue weighted by atomic mass is 9.64. The maximum absolute atomic E-state index is 9.70. The molecule has 100 valence electrons. The van der Waals surface area contributed by atoms with Crippen molar-refractivity contribution in [2.24, 2.45) is 5.41 Å². The normalized spacial score (nSPS) is 25.6. The average Bonchev–Trinajstić information content (AvgIpc) is 2.28. The van der Waals surface area contributed by atoms with Crippen LogP contribution in [-0.4, -0.2) is 34.3 Å². The van der Waals surface area contributed by atoms with Gasteiger partial charge in [-0.3, -0.25) is 0 Å². The Labute approximate surface area is 107 Å². The predicted molar refractivity (Wildman–Crippen MR) is 69.0 cm³/mol. The minimum atomic E-state index is -0.271. The summed E-state index contributed by atoms with van der Waals surface area (Å²) in [6, 6.07) is 1.89. The molecule has 0 bridgehead atoms. The summed E-state index contributed by atoms with van der Waals surface area (Å²) >= 11 is 0. The van der Waals surface area contributed by atoms with Gasteiger partial charge in [0.15, 0.2) is 5.82 Å². The minimum Gasteiger partial charge on any atom is -0.392 e. The second-order valence-electron chi connectivity index (χ2n) is 5.30. The summed E-state index contributed by atoms with van der Waals surface area (Å²) < 4.78 is 4.99. The molecule has 0 radical (unpaired) electrons. The number of ether oxygens (including phenoxy) is 1. The summed E-state index contributed by atoms with van der Waals surface area (Å²) in [5.74, 6) is 1.65. The van der Waals surface area contributed by atoms with Crippen LogP contribution in [0.1, 0.15) is 26.1 Å². The number of aliphatic hydroxyl groups is 1. The summed E-state index contributed by atoms with van der Waals surface area (Å²) in [5.41, 5.74) is 5.57. The highest BCUT2D eigenvalue weighted by molar-refractivity contribution is 5.46. The fourth-order valence-electron chi connectivity index (χ4n) is 2.11. The molecule has 1 fully saturated rings. The molecule has 1 aromatic rings.